The first-order valence-corrected chi connectivity index (χ1v) is 8.96. The molecule has 0 radical (unpaired) electrons. The minimum absolute atomic E-state index is 0.225. The first kappa shape index (κ1) is 13.1. The molecule has 0 fully saturated rings. The molecule has 0 aliphatic heterocycles. The van der Waals surface area contributed by atoms with Gasteiger partial charge in [0.2, 0.25) is 0 Å². The van der Waals surface area contributed by atoms with Gasteiger partial charge in [0.05, 0.1) is 6.04 Å². The molecule has 1 N–H and O–H groups in total. The zero-order chi connectivity index (χ0) is 12.7. The van der Waals surface area contributed by atoms with Gasteiger partial charge in [-0.2, -0.15) is 0 Å². The Labute approximate surface area is 131 Å². The number of nitrogens with one attached hydrogen (secondary N) is 1. The Balaban J connectivity index is 2.03. The summed E-state index contributed by atoms with van der Waals surface area (Å²) in [5.74, 6) is 0. The average molecular weight is 379 g/mol. The highest BCUT2D eigenvalue weighted by Crippen LogP contribution is 2.41. The van der Waals surface area contributed by atoms with E-state index in [9.17, 15) is 0 Å². The zero-order valence-electron chi connectivity index (χ0n) is 9.37. The van der Waals surface area contributed by atoms with Gasteiger partial charge in [-0.3, -0.25) is 0 Å². The lowest BCUT2D eigenvalue weighted by atomic mass is 10.2. The predicted octanol–water partition coefficient (Wildman–Crippen LogP) is 5.75. The average Bonchev–Trinajstić information content (AvgIpc) is 2.96. The second-order valence-electron chi connectivity index (χ2n) is 3.79. The Morgan fingerprint density at radius 2 is 2.00 bits per heavy atom. The standard InChI is InChI=1S/C12H9BrClNS3/c1-15-11(9-4-6(13)12(14)18-9)10-5-8-7(17-10)2-3-16-8/h2-5,11,15H,1H3. The van der Waals surface area contributed by atoms with Gasteiger partial charge in [0.15, 0.2) is 0 Å². The summed E-state index contributed by atoms with van der Waals surface area (Å²) in [7, 11) is 1.99. The predicted molar refractivity (Wildman–Crippen MR) is 87.6 cm³/mol. The monoisotopic (exact) mass is 377 g/mol. The molecule has 1 unspecified atom stereocenters. The van der Waals surface area contributed by atoms with Crippen LogP contribution < -0.4 is 5.32 Å². The molecule has 0 saturated carbocycles. The van der Waals surface area contributed by atoms with Crippen molar-refractivity contribution in [2.24, 2.45) is 0 Å². The number of thiophene rings is 3. The maximum atomic E-state index is 6.12. The van der Waals surface area contributed by atoms with Crippen LogP contribution in [0.25, 0.3) is 9.40 Å². The van der Waals surface area contributed by atoms with Crippen LogP contribution >= 0.6 is 61.5 Å². The second-order valence-corrected chi connectivity index (χ2v) is 8.39. The van der Waals surface area contributed by atoms with E-state index < -0.39 is 0 Å². The van der Waals surface area contributed by atoms with Crippen molar-refractivity contribution in [1.82, 2.24) is 5.32 Å². The molecule has 0 amide bonds. The first-order valence-electron chi connectivity index (χ1n) is 5.28. The Kier molecular flexibility index (Phi) is 3.80. The fourth-order valence-electron chi connectivity index (χ4n) is 1.86. The van der Waals surface area contributed by atoms with E-state index in [1.54, 1.807) is 22.7 Å². The summed E-state index contributed by atoms with van der Waals surface area (Å²) in [4.78, 5) is 2.58. The molecule has 0 spiro atoms. The molecule has 1 atom stereocenters. The summed E-state index contributed by atoms with van der Waals surface area (Å²) in [5, 5.41) is 5.51. The zero-order valence-corrected chi connectivity index (χ0v) is 14.2. The van der Waals surface area contributed by atoms with Crippen molar-refractivity contribution in [1.29, 1.82) is 0 Å². The quantitative estimate of drug-likeness (QED) is 0.612. The number of fused-ring (bicyclic) bond motifs is 1. The van der Waals surface area contributed by atoms with Crippen LogP contribution in [0.15, 0.2) is 28.1 Å². The normalized spacial score (nSPS) is 13.3. The maximum Gasteiger partial charge on any atom is 0.107 e. The van der Waals surface area contributed by atoms with Gasteiger partial charge in [0.1, 0.15) is 4.34 Å². The Hall–Kier alpha value is 0.0900. The van der Waals surface area contributed by atoms with Gasteiger partial charge in [-0.15, -0.1) is 34.0 Å². The lowest BCUT2D eigenvalue weighted by Crippen LogP contribution is -2.14. The fraction of sp³-hybridized carbons (Fsp3) is 0.167. The van der Waals surface area contributed by atoms with Crippen molar-refractivity contribution in [2.45, 2.75) is 6.04 Å². The summed E-state index contributed by atoms with van der Waals surface area (Å²) < 4.78 is 4.50. The van der Waals surface area contributed by atoms with E-state index in [0.29, 0.717) is 0 Å². The van der Waals surface area contributed by atoms with Crippen molar-refractivity contribution in [3.8, 4) is 0 Å². The van der Waals surface area contributed by atoms with Crippen LogP contribution in [0.2, 0.25) is 4.34 Å². The number of rotatable bonds is 3. The van der Waals surface area contributed by atoms with Crippen molar-refractivity contribution in [3.05, 3.63) is 42.1 Å². The largest absolute Gasteiger partial charge is 0.308 e. The number of halogens is 2. The molecule has 3 rings (SSSR count). The smallest absolute Gasteiger partial charge is 0.107 e. The summed E-state index contributed by atoms with van der Waals surface area (Å²) >= 11 is 14.8. The molecule has 3 heterocycles. The van der Waals surface area contributed by atoms with Crippen molar-refractivity contribution in [2.75, 3.05) is 7.05 Å². The second kappa shape index (κ2) is 5.23. The van der Waals surface area contributed by atoms with E-state index in [1.807, 2.05) is 18.4 Å². The van der Waals surface area contributed by atoms with Gasteiger partial charge in [-0.25, -0.2) is 0 Å². The van der Waals surface area contributed by atoms with Gasteiger partial charge >= 0.3 is 0 Å². The molecule has 0 aliphatic rings. The van der Waals surface area contributed by atoms with Gasteiger partial charge in [0.25, 0.3) is 0 Å². The maximum absolute atomic E-state index is 6.12. The van der Waals surface area contributed by atoms with E-state index in [4.69, 9.17) is 11.6 Å². The van der Waals surface area contributed by atoms with E-state index in [1.165, 1.54) is 19.2 Å². The van der Waals surface area contributed by atoms with E-state index in [0.717, 1.165) is 8.81 Å². The summed E-state index contributed by atoms with van der Waals surface area (Å²) in [6.45, 7) is 0. The van der Waals surface area contributed by atoms with Crippen LogP contribution in [0.3, 0.4) is 0 Å². The lowest BCUT2D eigenvalue weighted by Gasteiger charge is -2.11. The van der Waals surface area contributed by atoms with E-state index >= 15 is 0 Å². The first-order chi connectivity index (χ1) is 8.69. The van der Waals surface area contributed by atoms with Crippen LogP contribution in [-0.4, -0.2) is 7.05 Å². The van der Waals surface area contributed by atoms with Gasteiger partial charge in [-0.05, 0) is 46.6 Å². The molecule has 3 aromatic heterocycles. The molecular formula is C12H9BrClNS3. The Morgan fingerprint density at radius 3 is 2.61 bits per heavy atom. The minimum atomic E-state index is 0.225. The summed E-state index contributed by atoms with van der Waals surface area (Å²) in [5.41, 5.74) is 0. The van der Waals surface area contributed by atoms with Crippen LogP contribution in [0.4, 0.5) is 0 Å². The third kappa shape index (κ3) is 2.28. The Bertz CT molecular complexity index is 636. The molecule has 0 aliphatic carbocycles. The highest BCUT2D eigenvalue weighted by molar-refractivity contribution is 9.10. The molecule has 0 saturated heterocycles. The van der Waals surface area contributed by atoms with Gasteiger partial charge in [-0.1, -0.05) is 11.6 Å². The summed E-state index contributed by atoms with van der Waals surface area (Å²) in [6.07, 6.45) is 0. The molecule has 0 bridgehead atoms. The van der Waals surface area contributed by atoms with Gasteiger partial charge < -0.3 is 5.32 Å². The molecular weight excluding hydrogens is 370 g/mol. The number of hydrogen-bond acceptors (Lipinski definition) is 4. The highest BCUT2D eigenvalue weighted by Gasteiger charge is 2.18. The van der Waals surface area contributed by atoms with Crippen molar-refractivity contribution >= 4 is 70.9 Å². The van der Waals surface area contributed by atoms with Crippen molar-refractivity contribution in [3.63, 3.8) is 0 Å². The van der Waals surface area contributed by atoms with E-state index in [2.05, 4.69) is 44.8 Å². The molecule has 18 heavy (non-hydrogen) atoms. The molecule has 3 aromatic rings. The van der Waals surface area contributed by atoms with Crippen molar-refractivity contribution < 1.29 is 0 Å². The molecule has 1 nitrogen and oxygen atoms in total. The third-order valence-corrected chi connectivity index (χ3v) is 7.38. The summed E-state index contributed by atoms with van der Waals surface area (Å²) in [6, 6.07) is 6.77. The molecule has 94 valence electrons. The van der Waals surface area contributed by atoms with Crippen LogP contribution in [0.5, 0.6) is 0 Å². The van der Waals surface area contributed by atoms with Crippen LogP contribution in [0.1, 0.15) is 15.8 Å². The third-order valence-electron chi connectivity index (χ3n) is 2.68. The van der Waals surface area contributed by atoms with Gasteiger partial charge in [0, 0.05) is 23.6 Å². The van der Waals surface area contributed by atoms with Crippen LogP contribution in [-0.2, 0) is 0 Å². The molecule has 0 aromatic carbocycles. The highest BCUT2D eigenvalue weighted by atomic mass is 79.9. The fourth-order valence-corrected chi connectivity index (χ4v) is 6.05. The minimum Gasteiger partial charge on any atom is -0.308 e. The Morgan fingerprint density at radius 1 is 1.22 bits per heavy atom. The topological polar surface area (TPSA) is 12.0 Å². The number of hydrogen-bond donors (Lipinski definition) is 1. The lowest BCUT2D eigenvalue weighted by molar-refractivity contribution is 0.716. The molecule has 6 heteroatoms. The SMILES string of the molecule is CNC(c1cc(Br)c(Cl)s1)c1cc2sccc2s1. The van der Waals surface area contributed by atoms with E-state index in [-0.39, 0.29) is 6.04 Å². The van der Waals surface area contributed by atoms with Crippen LogP contribution in [0, 0.1) is 0 Å².